The summed E-state index contributed by atoms with van der Waals surface area (Å²) in [6.45, 7) is 1.14. The standard InChI is InChI=1S/C23H29N3O6S/c1-25(33(29,30)19-11-12-20(31-2)21(15-19)32-3)16-22(27)24-18-9-7-17(8-10-18)23(28)26-13-5-4-6-14-26/h7-12,15H,4-6,13-14,16H2,1-3H3,(H,24,27). The van der Waals surface area contributed by atoms with E-state index in [1.165, 1.54) is 39.5 Å². The van der Waals surface area contributed by atoms with E-state index in [-0.39, 0.29) is 23.1 Å². The molecule has 0 saturated carbocycles. The lowest BCUT2D eigenvalue weighted by Crippen LogP contribution is -2.35. The molecule has 10 heteroatoms. The molecule has 0 unspecified atom stereocenters. The summed E-state index contributed by atoms with van der Waals surface area (Å²) >= 11 is 0. The Morgan fingerprint density at radius 1 is 0.970 bits per heavy atom. The largest absolute Gasteiger partial charge is 0.493 e. The molecule has 0 atom stereocenters. The van der Waals surface area contributed by atoms with E-state index in [0.29, 0.717) is 17.0 Å². The fourth-order valence-electron chi connectivity index (χ4n) is 3.62. The van der Waals surface area contributed by atoms with Crippen LogP contribution in [0.4, 0.5) is 5.69 Å². The number of nitrogens with one attached hydrogen (secondary N) is 1. The maximum Gasteiger partial charge on any atom is 0.253 e. The highest BCUT2D eigenvalue weighted by molar-refractivity contribution is 7.89. The number of hydrogen-bond donors (Lipinski definition) is 1. The number of carbonyl (C=O) groups excluding carboxylic acids is 2. The molecule has 2 amide bonds. The Morgan fingerprint density at radius 3 is 2.21 bits per heavy atom. The number of carbonyl (C=O) groups is 2. The van der Waals surface area contributed by atoms with Gasteiger partial charge in [-0.05, 0) is 55.7 Å². The zero-order chi connectivity index (χ0) is 24.0. The van der Waals surface area contributed by atoms with Crippen LogP contribution in [-0.4, -0.2) is 70.3 Å². The number of methoxy groups -OCH3 is 2. The van der Waals surface area contributed by atoms with E-state index >= 15 is 0 Å². The van der Waals surface area contributed by atoms with Crippen LogP contribution in [0.25, 0.3) is 0 Å². The average Bonchev–Trinajstić information content (AvgIpc) is 2.83. The quantitative estimate of drug-likeness (QED) is 0.629. The zero-order valence-corrected chi connectivity index (χ0v) is 19.9. The van der Waals surface area contributed by atoms with E-state index in [4.69, 9.17) is 9.47 Å². The molecule has 0 aromatic heterocycles. The van der Waals surface area contributed by atoms with Gasteiger partial charge in [0, 0.05) is 37.5 Å². The Morgan fingerprint density at radius 2 is 1.61 bits per heavy atom. The molecular formula is C23H29N3O6S. The van der Waals surface area contributed by atoms with Gasteiger partial charge in [-0.25, -0.2) is 8.42 Å². The Bertz CT molecular complexity index is 1100. The molecule has 0 spiro atoms. The summed E-state index contributed by atoms with van der Waals surface area (Å²) < 4.78 is 37.0. The van der Waals surface area contributed by atoms with Crippen molar-refractivity contribution in [1.82, 2.24) is 9.21 Å². The maximum atomic E-state index is 12.9. The molecule has 1 aliphatic rings. The molecule has 3 rings (SSSR count). The first kappa shape index (κ1) is 24.5. The van der Waals surface area contributed by atoms with Crippen LogP contribution in [0.3, 0.4) is 0 Å². The van der Waals surface area contributed by atoms with Crippen molar-refractivity contribution >= 4 is 27.5 Å². The van der Waals surface area contributed by atoms with E-state index < -0.39 is 15.9 Å². The minimum absolute atomic E-state index is 0.0176. The summed E-state index contributed by atoms with van der Waals surface area (Å²) in [5.74, 6) is 0.152. The molecule has 2 aromatic carbocycles. The Labute approximate surface area is 194 Å². The predicted molar refractivity (Wildman–Crippen MR) is 124 cm³/mol. The summed E-state index contributed by atoms with van der Waals surface area (Å²) in [6.07, 6.45) is 3.17. The number of amides is 2. The molecule has 1 heterocycles. The second-order valence-corrected chi connectivity index (χ2v) is 9.80. The van der Waals surface area contributed by atoms with Crippen LogP contribution in [0.15, 0.2) is 47.4 Å². The smallest absolute Gasteiger partial charge is 0.253 e. The number of sulfonamides is 1. The lowest BCUT2D eigenvalue weighted by molar-refractivity contribution is -0.116. The number of nitrogens with zero attached hydrogens (tertiary/aromatic N) is 2. The van der Waals surface area contributed by atoms with E-state index in [1.807, 2.05) is 4.90 Å². The van der Waals surface area contributed by atoms with E-state index in [2.05, 4.69) is 5.32 Å². The van der Waals surface area contributed by atoms with Gasteiger partial charge >= 0.3 is 0 Å². The highest BCUT2D eigenvalue weighted by atomic mass is 32.2. The van der Waals surface area contributed by atoms with E-state index in [9.17, 15) is 18.0 Å². The molecular weight excluding hydrogens is 446 g/mol. The normalized spacial score (nSPS) is 14.1. The molecule has 178 valence electrons. The first-order valence-electron chi connectivity index (χ1n) is 10.6. The van der Waals surface area contributed by atoms with Gasteiger partial charge in [-0.3, -0.25) is 9.59 Å². The summed E-state index contributed by atoms with van der Waals surface area (Å²) in [4.78, 5) is 26.8. The summed E-state index contributed by atoms with van der Waals surface area (Å²) in [5, 5.41) is 2.67. The molecule has 0 bridgehead atoms. The van der Waals surface area contributed by atoms with Gasteiger partial charge in [0.15, 0.2) is 11.5 Å². The fourth-order valence-corrected chi connectivity index (χ4v) is 4.76. The SMILES string of the molecule is COc1ccc(S(=O)(=O)N(C)CC(=O)Nc2ccc(C(=O)N3CCCCC3)cc2)cc1OC. The summed E-state index contributed by atoms with van der Waals surface area (Å²) in [5.41, 5.74) is 1.04. The highest BCUT2D eigenvalue weighted by Crippen LogP contribution is 2.30. The highest BCUT2D eigenvalue weighted by Gasteiger charge is 2.25. The van der Waals surface area contributed by atoms with Crippen molar-refractivity contribution in [2.45, 2.75) is 24.2 Å². The second kappa shape index (κ2) is 10.7. The molecule has 1 N–H and O–H groups in total. The molecule has 33 heavy (non-hydrogen) atoms. The van der Waals surface area contributed by atoms with Gasteiger partial charge in [0.05, 0.1) is 25.7 Å². The fraction of sp³-hybridized carbons (Fsp3) is 0.391. The van der Waals surface area contributed by atoms with Crippen molar-refractivity contribution < 1.29 is 27.5 Å². The van der Waals surface area contributed by atoms with Crippen LogP contribution < -0.4 is 14.8 Å². The van der Waals surface area contributed by atoms with Crippen LogP contribution >= 0.6 is 0 Å². The van der Waals surface area contributed by atoms with Gasteiger partial charge in [-0.15, -0.1) is 0 Å². The topological polar surface area (TPSA) is 105 Å². The Kier molecular flexibility index (Phi) is 7.93. The first-order chi connectivity index (χ1) is 15.8. The molecule has 0 radical (unpaired) electrons. The first-order valence-corrected chi connectivity index (χ1v) is 12.1. The molecule has 9 nitrogen and oxygen atoms in total. The average molecular weight is 476 g/mol. The summed E-state index contributed by atoms with van der Waals surface area (Å²) in [7, 11) is 0.268. The molecule has 1 aliphatic heterocycles. The van der Waals surface area contributed by atoms with Gasteiger partial charge in [-0.1, -0.05) is 0 Å². The number of piperidine rings is 1. The van der Waals surface area contributed by atoms with E-state index in [1.54, 1.807) is 24.3 Å². The van der Waals surface area contributed by atoms with Crippen molar-refractivity contribution in [1.29, 1.82) is 0 Å². The molecule has 1 saturated heterocycles. The van der Waals surface area contributed by atoms with Crippen molar-refractivity contribution in [3.63, 3.8) is 0 Å². The third-order valence-electron chi connectivity index (χ3n) is 5.49. The van der Waals surface area contributed by atoms with Crippen molar-refractivity contribution in [3.8, 4) is 11.5 Å². The predicted octanol–water partition coefficient (Wildman–Crippen LogP) is 2.59. The van der Waals surface area contributed by atoms with Crippen LogP contribution in [0, 0.1) is 0 Å². The zero-order valence-electron chi connectivity index (χ0n) is 19.0. The van der Waals surface area contributed by atoms with Gasteiger partial charge in [0.25, 0.3) is 5.91 Å². The Hall–Kier alpha value is -3.11. The van der Waals surface area contributed by atoms with Crippen LogP contribution in [0.2, 0.25) is 0 Å². The monoisotopic (exact) mass is 475 g/mol. The number of ether oxygens (including phenoxy) is 2. The molecule has 1 fully saturated rings. The maximum absolute atomic E-state index is 12.9. The number of likely N-dealkylation sites (N-methyl/N-ethyl adjacent to an activating group) is 1. The molecule has 2 aromatic rings. The van der Waals surface area contributed by atoms with Crippen molar-refractivity contribution in [2.24, 2.45) is 0 Å². The number of likely N-dealkylation sites (tertiary alicyclic amines) is 1. The van der Waals surface area contributed by atoms with Gasteiger partial charge < -0.3 is 19.7 Å². The van der Waals surface area contributed by atoms with Gasteiger partial charge in [0.2, 0.25) is 15.9 Å². The second-order valence-electron chi connectivity index (χ2n) is 7.76. The number of anilines is 1. The third-order valence-corrected chi connectivity index (χ3v) is 7.29. The van der Waals surface area contributed by atoms with Gasteiger partial charge in [-0.2, -0.15) is 4.31 Å². The summed E-state index contributed by atoms with van der Waals surface area (Å²) in [6, 6.07) is 10.8. The van der Waals surface area contributed by atoms with Crippen LogP contribution in [-0.2, 0) is 14.8 Å². The number of benzene rings is 2. The van der Waals surface area contributed by atoms with Crippen LogP contribution in [0.5, 0.6) is 11.5 Å². The van der Waals surface area contributed by atoms with Gasteiger partial charge in [0.1, 0.15) is 0 Å². The third kappa shape index (κ3) is 5.82. The van der Waals surface area contributed by atoms with E-state index in [0.717, 1.165) is 36.7 Å². The lowest BCUT2D eigenvalue weighted by Gasteiger charge is -2.26. The van der Waals surface area contributed by atoms with Crippen LogP contribution in [0.1, 0.15) is 29.6 Å². The van der Waals surface area contributed by atoms with Crippen molar-refractivity contribution in [3.05, 3.63) is 48.0 Å². The lowest BCUT2D eigenvalue weighted by atomic mass is 10.1. The number of rotatable bonds is 8. The molecule has 0 aliphatic carbocycles. The number of hydrogen-bond acceptors (Lipinski definition) is 6. The van der Waals surface area contributed by atoms with Crippen molar-refractivity contribution in [2.75, 3.05) is 46.2 Å². The Balaban J connectivity index is 1.62. The minimum Gasteiger partial charge on any atom is -0.493 e. The minimum atomic E-state index is -3.93.